The van der Waals surface area contributed by atoms with Crippen molar-refractivity contribution in [2.24, 2.45) is 0 Å². The van der Waals surface area contributed by atoms with E-state index in [0.717, 1.165) is 29.2 Å². The zero-order valence-electron chi connectivity index (χ0n) is 18.3. The highest BCUT2D eigenvalue weighted by molar-refractivity contribution is 7.85. The van der Waals surface area contributed by atoms with E-state index < -0.39 is 10.8 Å². The minimum Gasteiger partial charge on any atom is -0.254 e. The molecule has 0 fully saturated rings. The molecule has 0 saturated heterocycles. The van der Waals surface area contributed by atoms with E-state index in [9.17, 15) is 4.21 Å². The van der Waals surface area contributed by atoms with Crippen LogP contribution in [0.3, 0.4) is 0 Å². The van der Waals surface area contributed by atoms with Crippen molar-refractivity contribution >= 4 is 22.4 Å². The van der Waals surface area contributed by atoms with Crippen LogP contribution in [0.5, 0.6) is 0 Å². The largest absolute Gasteiger partial charge is 0.254 e. The molecular formula is C27H31ClOS. The summed E-state index contributed by atoms with van der Waals surface area (Å²) in [7, 11) is -1.03. The van der Waals surface area contributed by atoms with Crippen molar-refractivity contribution in [2.45, 2.75) is 63.0 Å². The molecule has 3 aromatic rings. The summed E-state index contributed by atoms with van der Waals surface area (Å²) < 4.78 is 13.4. The monoisotopic (exact) mass is 438 g/mol. The first-order chi connectivity index (χ1) is 14.4. The van der Waals surface area contributed by atoms with E-state index in [1.807, 2.05) is 36.4 Å². The van der Waals surface area contributed by atoms with Crippen LogP contribution in [0.1, 0.15) is 53.5 Å². The highest BCUT2D eigenvalue weighted by Gasteiger charge is 2.23. The number of halogens is 1. The van der Waals surface area contributed by atoms with E-state index in [2.05, 4.69) is 58.0 Å². The summed E-state index contributed by atoms with van der Waals surface area (Å²) >= 11 is 6.32. The lowest BCUT2D eigenvalue weighted by atomic mass is 9.87. The quantitative estimate of drug-likeness (QED) is 0.354. The third-order valence-electron chi connectivity index (χ3n) is 5.93. The fraction of sp³-hybridized carbons (Fsp3) is 0.333. The van der Waals surface area contributed by atoms with Crippen molar-refractivity contribution in [3.8, 4) is 0 Å². The maximum Gasteiger partial charge on any atom is 0.0560 e. The van der Waals surface area contributed by atoms with Crippen molar-refractivity contribution in [1.82, 2.24) is 0 Å². The molecule has 0 spiro atoms. The number of rotatable bonds is 8. The Morgan fingerprint density at radius 1 is 0.900 bits per heavy atom. The fourth-order valence-electron chi connectivity index (χ4n) is 3.90. The predicted octanol–water partition coefficient (Wildman–Crippen LogP) is 7.57. The first-order valence-electron chi connectivity index (χ1n) is 10.7. The molecule has 3 rings (SSSR count). The summed E-state index contributed by atoms with van der Waals surface area (Å²) in [6.07, 6.45) is 2.66. The van der Waals surface area contributed by atoms with Gasteiger partial charge in [-0.25, -0.2) is 0 Å². The Bertz CT molecular complexity index is 1010. The molecule has 0 aliphatic heterocycles. The molecule has 0 aliphatic rings. The van der Waals surface area contributed by atoms with Crippen molar-refractivity contribution < 1.29 is 4.21 Å². The first kappa shape index (κ1) is 22.8. The maximum atomic E-state index is 13.4. The van der Waals surface area contributed by atoms with Crippen LogP contribution in [0.15, 0.2) is 71.6 Å². The van der Waals surface area contributed by atoms with E-state index in [1.165, 1.54) is 27.8 Å². The summed E-state index contributed by atoms with van der Waals surface area (Å²) in [5.41, 5.74) is 6.35. The van der Waals surface area contributed by atoms with E-state index in [1.54, 1.807) is 0 Å². The SMILES string of the molecule is CCC(CC(Cc1ccc(C)c(C)c1)c1cccc(Cl)c1)S(=O)c1ccc(C)cc1. The van der Waals surface area contributed by atoms with Crippen molar-refractivity contribution in [3.05, 3.63) is 99.6 Å². The van der Waals surface area contributed by atoms with E-state index in [4.69, 9.17) is 11.6 Å². The van der Waals surface area contributed by atoms with Crippen molar-refractivity contribution in [1.29, 1.82) is 0 Å². The molecule has 1 nitrogen and oxygen atoms in total. The number of benzene rings is 3. The molecule has 3 unspecified atom stereocenters. The van der Waals surface area contributed by atoms with Gasteiger partial charge in [0.25, 0.3) is 0 Å². The zero-order chi connectivity index (χ0) is 21.7. The number of hydrogen-bond acceptors (Lipinski definition) is 1. The molecule has 0 aliphatic carbocycles. The lowest BCUT2D eigenvalue weighted by Crippen LogP contribution is -2.19. The Kier molecular flexibility index (Phi) is 7.91. The molecule has 0 bridgehead atoms. The van der Waals surface area contributed by atoms with Crippen LogP contribution in [0.25, 0.3) is 0 Å². The maximum absolute atomic E-state index is 13.4. The van der Waals surface area contributed by atoms with Crippen LogP contribution in [0, 0.1) is 20.8 Å². The standard InChI is InChI=1S/C27H31ClOS/c1-5-26(30(29)27-13-9-19(2)10-14-27)18-24(23-7-6-8-25(28)17-23)16-22-12-11-20(3)21(4)15-22/h6-15,17,24,26H,5,16,18H2,1-4H3. The Morgan fingerprint density at radius 2 is 1.63 bits per heavy atom. The molecule has 0 radical (unpaired) electrons. The fourth-order valence-corrected chi connectivity index (χ4v) is 5.60. The van der Waals surface area contributed by atoms with E-state index in [-0.39, 0.29) is 11.2 Å². The van der Waals surface area contributed by atoms with Gasteiger partial charge < -0.3 is 0 Å². The highest BCUT2D eigenvalue weighted by Crippen LogP contribution is 2.32. The minimum absolute atomic E-state index is 0.100. The lowest BCUT2D eigenvalue weighted by Gasteiger charge is -2.24. The van der Waals surface area contributed by atoms with Crippen LogP contribution in [-0.4, -0.2) is 9.46 Å². The van der Waals surface area contributed by atoms with Gasteiger partial charge in [-0.15, -0.1) is 0 Å². The summed E-state index contributed by atoms with van der Waals surface area (Å²) in [6, 6.07) is 22.9. The summed E-state index contributed by atoms with van der Waals surface area (Å²) in [6.45, 7) is 8.50. The van der Waals surface area contributed by atoms with Gasteiger partial charge in [-0.05, 0) is 92.5 Å². The smallest absolute Gasteiger partial charge is 0.0560 e. The van der Waals surface area contributed by atoms with Crippen LogP contribution < -0.4 is 0 Å². The minimum atomic E-state index is -1.03. The number of aryl methyl sites for hydroxylation is 3. The average molecular weight is 439 g/mol. The van der Waals surface area contributed by atoms with Gasteiger partial charge in [-0.2, -0.15) is 0 Å². The molecule has 0 saturated carbocycles. The van der Waals surface area contributed by atoms with Crippen LogP contribution >= 0.6 is 11.6 Å². The number of hydrogen-bond donors (Lipinski definition) is 0. The molecule has 158 valence electrons. The second-order valence-corrected chi connectivity index (χ2v) is 10.4. The third kappa shape index (κ3) is 5.83. The Balaban J connectivity index is 1.89. The van der Waals surface area contributed by atoms with Gasteiger partial charge in [-0.1, -0.05) is 66.6 Å². The van der Waals surface area contributed by atoms with E-state index >= 15 is 0 Å². The molecular weight excluding hydrogens is 408 g/mol. The predicted molar refractivity (Wildman–Crippen MR) is 130 cm³/mol. The van der Waals surface area contributed by atoms with Gasteiger partial charge in [-0.3, -0.25) is 4.21 Å². The molecule has 3 atom stereocenters. The van der Waals surface area contributed by atoms with Crippen molar-refractivity contribution in [2.75, 3.05) is 0 Å². The second-order valence-electron chi connectivity index (χ2n) is 8.25. The van der Waals surface area contributed by atoms with Gasteiger partial charge in [0, 0.05) is 15.2 Å². The van der Waals surface area contributed by atoms with Gasteiger partial charge in [0.1, 0.15) is 0 Å². The Hall–Kier alpha value is -1.90. The molecule has 0 amide bonds. The molecule has 0 N–H and O–H groups in total. The molecule has 3 heteroatoms. The third-order valence-corrected chi connectivity index (χ3v) is 8.04. The van der Waals surface area contributed by atoms with Crippen LogP contribution in [-0.2, 0) is 17.2 Å². The van der Waals surface area contributed by atoms with Gasteiger partial charge in [0.2, 0.25) is 0 Å². The second kappa shape index (κ2) is 10.4. The lowest BCUT2D eigenvalue weighted by molar-refractivity contribution is 0.574. The zero-order valence-corrected chi connectivity index (χ0v) is 19.9. The first-order valence-corrected chi connectivity index (χ1v) is 12.2. The Morgan fingerprint density at radius 3 is 2.27 bits per heavy atom. The van der Waals surface area contributed by atoms with Crippen molar-refractivity contribution in [3.63, 3.8) is 0 Å². The van der Waals surface area contributed by atoms with Gasteiger partial charge in [0.05, 0.1) is 10.8 Å². The summed E-state index contributed by atoms with van der Waals surface area (Å²) in [4.78, 5) is 0.920. The Labute approximate surface area is 189 Å². The topological polar surface area (TPSA) is 17.1 Å². The molecule has 0 aromatic heterocycles. The molecule has 0 heterocycles. The van der Waals surface area contributed by atoms with Crippen LogP contribution in [0.2, 0.25) is 5.02 Å². The van der Waals surface area contributed by atoms with Crippen LogP contribution in [0.4, 0.5) is 0 Å². The average Bonchev–Trinajstić information content (AvgIpc) is 2.73. The normalized spacial score (nSPS) is 14.3. The summed E-state index contributed by atoms with van der Waals surface area (Å²) in [5, 5.41) is 0.855. The summed E-state index contributed by atoms with van der Waals surface area (Å²) in [5.74, 6) is 0.269. The van der Waals surface area contributed by atoms with Gasteiger partial charge in [0.15, 0.2) is 0 Å². The van der Waals surface area contributed by atoms with Gasteiger partial charge >= 0.3 is 0 Å². The van der Waals surface area contributed by atoms with E-state index in [0.29, 0.717) is 0 Å². The highest BCUT2D eigenvalue weighted by atomic mass is 35.5. The molecule has 3 aromatic carbocycles. The molecule has 30 heavy (non-hydrogen) atoms.